The van der Waals surface area contributed by atoms with Gasteiger partial charge in [-0.25, -0.2) is 0 Å². The first-order chi connectivity index (χ1) is 16.4. The van der Waals surface area contributed by atoms with Crippen LogP contribution in [-0.4, -0.2) is 37.3 Å². The summed E-state index contributed by atoms with van der Waals surface area (Å²) in [4.78, 5) is 10.8. The minimum Gasteiger partial charge on any atom is -1.00 e. The molecule has 3 rings (SSSR count). The van der Waals surface area contributed by atoms with Crippen LogP contribution in [0.25, 0.3) is 0 Å². The average molecular weight is 496 g/mol. The van der Waals surface area contributed by atoms with Crippen LogP contribution < -0.4 is 39.0 Å². The van der Waals surface area contributed by atoms with E-state index in [0.29, 0.717) is 25.2 Å². The zero-order valence-electron chi connectivity index (χ0n) is 21.7. The van der Waals surface area contributed by atoms with Crippen molar-refractivity contribution in [2.24, 2.45) is 0 Å². The second-order valence-electron chi connectivity index (χ2n) is 8.59. The van der Waals surface area contributed by atoms with Crippen LogP contribution in [0.2, 0.25) is 0 Å². The number of hydrogen-bond donors (Lipinski definition) is 2. The number of ether oxygens (including phenoxy) is 2. The standard InChI is InChI=1S/C29H34O5.B.Na/c1-4-22-10-14-27(26(19-22)29(32)24-8-6-5-7-9-24)34-21(3)16-17-33-25-13-11-23(20(2)18-25)12-15-28(30)31;;/h5-11,13-14,18-19,21,29,32H,4,12,15-17H2,1-3H3,(H,30,31);;/q;-1;+1/t21-,29?;;/m1../s1. The Labute approximate surface area is 238 Å². The van der Waals surface area contributed by atoms with E-state index in [1.54, 1.807) is 0 Å². The largest absolute Gasteiger partial charge is 1.00 e. The number of aliphatic hydroxyl groups excluding tert-OH is 1. The van der Waals surface area contributed by atoms with Crippen LogP contribution in [0.1, 0.15) is 60.6 Å². The van der Waals surface area contributed by atoms with Crippen molar-refractivity contribution < 1.29 is 54.0 Å². The Bertz CT molecular complexity index is 1090. The van der Waals surface area contributed by atoms with Gasteiger partial charge in [0.1, 0.15) is 17.6 Å². The molecule has 0 spiro atoms. The number of aliphatic hydroxyl groups is 1. The van der Waals surface area contributed by atoms with Gasteiger partial charge in [0, 0.05) is 18.4 Å². The van der Waals surface area contributed by atoms with Gasteiger partial charge in [0.05, 0.1) is 12.7 Å². The molecule has 0 saturated heterocycles. The molecule has 0 amide bonds. The third-order valence-corrected chi connectivity index (χ3v) is 5.94. The summed E-state index contributed by atoms with van der Waals surface area (Å²) in [5, 5.41) is 19.9. The first kappa shape index (κ1) is 31.8. The quantitative estimate of drug-likeness (QED) is 0.377. The van der Waals surface area contributed by atoms with Crippen molar-refractivity contribution in [3.8, 4) is 11.5 Å². The summed E-state index contributed by atoms with van der Waals surface area (Å²) in [5.41, 5.74) is 4.80. The number of carbonyl (C=O) groups is 1. The summed E-state index contributed by atoms with van der Waals surface area (Å²) in [6.45, 7) is 6.54. The molecule has 0 bridgehead atoms. The number of rotatable bonds is 12. The Morgan fingerprint density at radius 3 is 2.39 bits per heavy atom. The van der Waals surface area contributed by atoms with Gasteiger partial charge in [-0.1, -0.05) is 49.4 Å². The minimum absolute atomic E-state index is 0. The maximum absolute atomic E-state index is 11.0. The number of carboxylic acids is 1. The maximum atomic E-state index is 11.0. The summed E-state index contributed by atoms with van der Waals surface area (Å²) in [7, 11) is 0. The predicted molar refractivity (Wildman–Crippen MR) is 139 cm³/mol. The number of carboxylic acid groups (broad SMARTS) is 1. The average Bonchev–Trinajstić information content (AvgIpc) is 2.83. The van der Waals surface area contributed by atoms with Crippen molar-refractivity contribution >= 4 is 14.4 Å². The van der Waals surface area contributed by atoms with Crippen molar-refractivity contribution in [1.29, 1.82) is 0 Å². The molecule has 0 aliphatic rings. The number of aliphatic carboxylic acids is 1. The maximum Gasteiger partial charge on any atom is 1.00 e. The van der Waals surface area contributed by atoms with E-state index < -0.39 is 12.1 Å². The zero-order valence-corrected chi connectivity index (χ0v) is 23.7. The number of aryl methyl sites for hydroxylation is 3. The molecule has 0 aliphatic heterocycles. The summed E-state index contributed by atoms with van der Waals surface area (Å²) >= 11 is 0. The normalized spacial score (nSPS) is 12.0. The van der Waals surface area contributed by atoms with Gasteiger partial charge in [-0.3, -0.25) is 4.79 Å². The molecule has 0 heterocycles. The third kappa shape index (κ3) is 9.32. The van der Waals surface area contributed by atoms with E-state index in [1.807, 2.05) is 80.6 Å². The molecule has 7 heteroatoms. The van der Waals surface area contributed by atoms with Crippen molar-refractivity contribution in [3.63, 3.8) is 0 Å². The van der Waals surface area contributed by atoms with E-state index in [-0.39, 0.29) is 50.5 Å². The SMILES string of the molecule is CCc1ccc(O[C@H](C)CCOc2ccc(CCC(=O)O)c(C)c2)c(C(O)c2ccccc2)c1.[B-].[Na+]. The van der Waals surface area contributed by atoms with E-state index in [2.05, 4.69) is 6.92 Å². The van der Waals surface area contributed by atoms with Gasteiger partial charge >= 0.3 is 35.5 Å². The van der Waals surface area contributed by atoms with Crippen LogP contribution in [0.4, 0.5) is 0 Å². The molecule has 184 valence electrons. The van der Waals surface area contributed by atoms with Gasteiger partial charge in [-0.05, 0) is 73.2 Å². The number of benzene rings is 3. The molecule has 0 saturated carbocycles. The Morgan fingerprint density at radius 1 is 1.03 bits per heavy atom. The van der Waals surface area contributed by atoms with Crippen LogP contribution >= 0.6 is 0 Å². The molecule has 1 unspecified atom stereocenters. The summed E-state index contributed by atoms with van der Waals surface area (Å²) in [5.74, 6) is 0.647. The minimum atomic E-state index is -0.794. The molecule has 3 aromatic carbocycles. The Morgan fingerprint density at radius 2 is 1.75 bits per heavy atom. The summed E-state index contributed by atoms with van der Waals surface area (Å²) in [6.07, 6.45) is 1.33. The first-order valence-electron chi connectivity index (χ1n) is 11.8. The molecule has 0 aliphatic carbocycles. The van der Waals surface area contributed by atoms with E-state index in [0.717, 1.165) is 40.0 Å². The predicted octanol–water partition coefficient (Wildman–Crippen LogP) is 2.52. The molecular weight excluding hydrogens is 462 g/mol. The number of hydrogen-bond acceptors (Lipinski definition) is 4. The molecule has 0 fully saturated rings. The van der Waals surface area contributed by atoms with E-state index >= 15 is 0 Å². The van der Waals surface area contributed by atoms with Gasteiger partial charge in [0.2, 0.25) is 0 Å². The zero-order chi connectivity index (χ0) is 24.5. The van der Waals surface area contributed by atoms with Gasteiger partial charge in [-0.2, -0.15) is 0 Å². The van der Waals surface area contributed by atoms with Crippen molar-refractivity contribution in [2.75, 3.05) is 6.61 Å². The van der Waals surface area contributed by atoms with E-state index in [4.69, 9.17) is 14.6 Å². The second-order valence-corrected chi connectivity index (χ2v) is 8.59. The smallest absolute Gasteiger partial charge is 1.00 e. The van der Waals surface area contributed by atoms with Crippen molar-refractivity contribution in [1.82, 2.24) is 0 Å². The van der Waals surface area contributed by atoms with E-state index in [9.17, 15) is 9.90 Å². The van der Waals surface area contributed by atoms with Gasteiger partial charge in [0.15, 0.2) is 0 Å². The topological polar surface area (TPSA) is 76.0 Å². The van der Waals surface area contributed by atoms with Crippen LogP contribution in [0.5, 0.6) is 11.5 Å². The van der Waals surface area contributed by atoms with Gasteiger partial charge in [0.25, 0.3) is 0 Å². The summed E-state index contributed by atoms with van der Waals surface area (Å²) < 4.78 is 12.1. The molecule has 5 nitrogen and oxygen atoms in total. The molecule has 2 N–H and O–H groups in total. The second kappa shape index (κ2) is 15.8. The molecular formula is C29H34BNaO5. The molecule has 0 aromatic heterocycles. The van der Waals surface area contributed by atoms with Crippen molar-refractivity contribution in [2.45, 2.75) is 58.7 Å². The molecule has 3 aromatic rings. The Hall–Kier alpha value is -2.25. The third-order valence-electron chi connectivity index (χ3n) is 5.94. The van der Waals surface area contributed by atoms with Crippen LogP contribution in [0.3, 0.4) is 0 Å². The molecule has 4 radical (unpaired) electrons. The first-order valence-corrected chi connectivity index (χ1v) is 11.8. The fourth-order valence-electron chi connectivity index (χ4n) is 3.85. The van der Waals surface area contributed by atoms with Gasteiger partial charge in [-0.15, -0.1) is 0 Å². The Balaban J connectivity index is 0.00000324. The summed E-state index contributed by atoms with van der Waals surface area (Å²) in [6, 6.07) is 21.4. The van der Waals surface area contributed by atoms with Crippen LogP contribution in [0.15, 0.2) is 66.7 Å². The van der Waals surface area contributed by atoms with E-state index in [1.165, 1.54) is 0 Å². The van der Waals surface area contributed by atoms with Crippen molar-refractivity contribution in [3.05, 3.63) is 94.5 Å². The molecule has 36 heavy (non-hydrogen) atoms. The van der Waals surface area contributed by atoms with Crippen LogP contribution in [0, 0.1) is 6.92 Å². The van der Waals surface area contributed by atoms with Crippen LogP contribution in [-0.2, 0) is 17.6 Å². The molecule has 2 atom stereocenters. The van der Waals surface area contributed by atoms with Gasteiger partial charge < -0.3 is 28.1 Å². The fourth-order valence-corrected chi connectivity index (χ4v) is 3.85. The monoisotopic (exact) mass is 496 g/mol. The fraction of sp³-hybridized carbons (Fsp3) is 0.345. The Kier molecular flexibility index (Phi) is 13.9.